The summed E-state index contributed by atoms with van der Waals surface area (Å²) >= 11 is 0. The van der Waals surface area contributed by atoms with Crippen LogP contribution in [0.2, 0.25) is 0 Å². The lowest BCUT2D eigenvalue weighted by molar-refractivity contribution is -0.145. The monoisotopic (exact) mass is 957 g/mol. The molecular weight excluding hydrogens is 877 g/mol. The van der Waals surface area contributed by atoms with Crippen LogP contribution in [0.1, 0.15) is 187 Å². The fourth-order valence-electron chi connectivity index (χ4n) is 14.0. The normalized spacial score (nSPS) is 36.3. The smallest absolute Gasteiger partial charge is 0.334 e. The van der Waals surface area contributed by atoms with Gasteiger partial charge in [0.25, 0.3) is 6.26 Å². The van der Waals surface area contributed by atoms with Gasteiger partial charge in [-0.3, -0.25) is 9.80 Å². The SMILES string of the molecule is COC(=O)C(C)N1C(=O)N(C2CCC(CC3CCC(N=C=O)CC3)CC2)C1=NC1CCC(CC2CCC(N3C(=O)N(C(C)C(=O)OC)C3=NC3CCC(CC4CCC(OC#N)CC4)CC3)CC2)CC1. The number of carbonyl (C=O) groups excluding carboxylic acids is 5. The number of guanidine groups is 2. The van der Waals surface area contributed by atoms with E-state index in [-0.39, 0.29) is 48.4 Å². The lowest BCUT2D eigenvalue weighted by Crippen LogP contribution is -2.71. The number of nitrogens with zero attached hydrogens (tertiary/aromatic N) is 8. The summed E-state index contributed by atoms with van der Waals surface area (Å²) in [5.74, 6) is 4.32. The number of rotatable bonds is 16. The molecule has 69 heavy (non-hydrogen) atoms. The molecule has 0 N–H and O–H groups in total. The van der Waals surface area contributed by atoms with E-state index in [1.54, 1.807) is 29.7 Å². The number of carbonyl (C=O) groups is 4. The highest BCUT2D eigenvalue weighted by molar-refractivity contribution is 6.17. The third-order valence-electron chi connectivity index (χ3n) is 18.2. The zero-order valence-electron chi connectivity index (χ0n) is 42.0. The minimum atomic E-state index is -0.730. The van der Waals surface area contributed by atoms with Crippen molar-refractivity contribution < 1.29 is 38.2 Å². The summed E-state index contributed by atoms with van der Waals surface area (Å²) in [6.07, 6.45) is 31.9. The van der Waals surface area contributed by atoms with Gasteiger partial charge in [-0.15, -0.1) is 0 Å². The summed E-state index contributed by atoms with van der Waals surface area (Å²) in [4.78, 5) is 85.2. The van der Waals surface area contributed by atoms with Gasteiger partial charge in [0, 0.05) is 12.1 Å². The standard InChI is InChI=1S/C53H80N8O8/c1-34(48(63)67-3)58-50(60(52(58)65)45-23-11-39(12-24-45)29-36-5-17-42(18-6-36)55-33-62)56-43-19-7-37(8-20-43)30-40-13-25-46(26-14-40)61-51(59(53(61)66)35(2)49(64)68-4)57-44-21-9-38(10-22-44)31-41-15-27-47(28-16-41)69-32-54/h34-47H,5-31H2,1-4H3. The van der Waals surface area contributed by atoms with Crippen LogP contribution in [0.15, 0.2) is 15.0 Å². The van der Waals surface area contributed by atoms with Crippen LogP contribution < -0.4 is 0 Å². The van der Waals surface area contributed by atoms with Gasteiger partial charge in [0.05, 0.1) is 32.3 Å². The van der Waals surface area contributed by atoms with E-state index in [1.807, 2.05) is 16.1 Å². The van der Waals surface area contributed by atoms with E-state index in [4.69, 9.17) is 29.5 Å². The first kappa shape index (κ1) is 50.9. The van der Waals surface area contributed by atoms with Gasteiger partial charge in [0.1, 0.15) is 18.2 Å². The van der Waals surface area contributed by atoms with Crippen molar-refractivity contribution in [2.24, 2.45) is 50.5 Å². The number of hydrogen-bond donors (Lipinski definition) is 0. The van der Waals surface area contributed by atoms with E-state index in [0.29, 0.717) is 47.4 Å². The molecule has 0 aromatic rings. The highest BCUT2D eigenvalue weighted by atomic mass is 16.5. The largest absolute Gasteiger partial charge is 0.467 e. The molecule has 0 aromatic carbocycles. The maximum atomic E-state index is 13.9. The summed E-state index contributed by atoms with van der Waals surface area (Å²) in [6, 6.07) is -1.21. The van der Waals surface area contributed by atoms with Crippen LogP contribution in [0.25, 0.3) is 0 Å². The van der Waals surface area contributed by atoms with Crippen molar-refractivity contribution in [2.75, 3.05) is 14.2 Å². The van der Waals surface area contributed by atoms with Crippen LogP contribution in [0.4, 0.5) is 9.59 Å². The average molecular weight is 957 g/mol. The van der Waals surface area contributed by atoms with Crippen molar-refractivity contribution in [2.45, 2.75) is 236 Å². The van der Waals surface area contributed by atoms with Crippen molar-refractivity contribution in [3.63, 3.8) is 0 Å². The average Bonchev–Trinajstić information content (AvgIpc) is 3.36. The quantitative estimate of drug-likeness (QED) is 0.0628. The summed E-state index contributed by atoms with van der Waals surface area (Å²) < 4.78 is 15.3. The van der Waals surface area contributed by atoms with Gasteiger partial charge >= 0.3 is 24.0 Å². The number of amides is 4. The number of nitriles is 1. The predicted octanol–water partition coefficient (Wildman–Crippen LogP) is 9.65. The summed E-state index contributed by atoms with van der Waals surface area (Å²) in [7, 11) is 2.73. The van der Waals surface area contributed by atoms with Crippen molar-refractivity contribution in [3.05, 3.63) is 0 Å². The molecule has 6 aliphatic carbocycles. The molecule has 0 radical (unpaired) electrons. The van der Waals surface area contributed by atoms with Crippen LogP contribution >= 0.6 is 0 Å². The lowest BCUT2D eigenvalue weighted by Gasteiger charge is -2.50. The fraction of sp³-hybridized carbons (Fsp3) is 0.849. The molecule has 8 rings (SSSR count). The lowest BCUT2D eigenvalue weighted by atomic mass is 9.75. The Labute approximate surface area is 410 Å². The molecule has 2 saturated heterocycles. The molecule has 4 amide bonds. The molecule has 2 atom stereocenters. The summed E-state index contributed by atoms with van der Waals surface area (Å²) in [6.45, 7) is 3.47. The zero-order chi connectivity index (χ0) is 48.6. The third-order valence-corrected chi connectivity index (χ3v) is 18.2. The molecule has 6 saturated carbocycles. The Bertz CT molecular complexity index is 1940. The maximum Gasteiger partial charge on any atom is 0.334 e. The third kappa shape index (κ3) is 12.0. The highest BCUT2D eigenvalue weighted by Crippen LogP contribution is 2.43. The second-order valence-electron chi connectivity index (χ2n) is 22.5. The Morgan fingerprint density at radius 1 is 0.536 bits per heavy atom. The molecule has 16 nitrogen and oxygen atoms in total. The Morgan fingerprint density at radius 2 is 0.855 bits per heavy atom. The number of hydrogen-bond acceptors (Lipinski definition) is 12. The van der Waals surface area contributed by atoms with Crippen LogP contribution in [-0.2, 0) is 28.6 Å². The molecule has 0 spiro atoms. The Balaban J connectivity index is 0.811. The first-order valence-corrected chi connectivity index (χ1v) is 27.2. The van der Waals surface area contributed by atoms with E-state index in [9.17, 15) is 24.0 Å². The summed E-state index contributed by atoms with van der Waals surface area (Å²) in [5, 5.41) is 8.89. The summed E-state index contributed by atoms with van der Waals surface area (Å²) in [5.41, 5.74) is 0. The Morgan fingerprint density at radius 3 is 1.17 bits per heavy atom. The Hall–Kier alpha value is -4.51. The van der Waals surface area contributed by atoms with Crippen LogP contribution in [0.5, 0.6) is 0 Å². The maximum absolute atomic E-state index is 13.9. The Kier molecular flexibility index (Phi) is 17.4. The van der Waals surface area contributed by atoms with Gasteiger partial charge in [-0.05, 0) is 223 Å². The molecule has 16 heteroatoms. The molecular formula is C53H80N8O8. The van der Waals surface area contributed by atoms with Crippen LogP contribution in [0.3, 0.4) is 0 Å². The van der Waals surface area contributed by atoms with E-state index in [0.717, 1.165) is 154 Å². The van der Waals surface area contributed by atoms with Gasteiger partial charge in [0.2, 0.25) is 18.0 Å². The molecule has 0 bridgehead atoms. The molecule has 0 aromatic heterocycles. The minimum Gasteiger partial charge on any atom is -0.467 e. The number of esters is 2. The van der Waals surface area contributed by atoms with Crippen molar-refractivity contribution in [1.29, 1.82) is 5.26 Å². The van der Waals surface area contributed by atoms with E-state index in [2.05, 4.69) is 4.99 Å². The number of methoxy groups -OCH3 is 2. The van der Waals surface area contributed by atoms with Crippen LogP contribution in [-0.4, -0.2) is 124 Å². The first-order chi connectivity index (χ1) is 33.5. The molecule has 2 heterocycles. The number of urea groups is 2. The molecule has 380 valence electrons. The van der Waals surface area contributed by atoms with Crippen molar-refractivity contribution >= 4 is 42.0 Å². The highest BCUT2D eigenvalue weighted by Gasteiger charge is 2.52. The zero-order valence-corrected chi connectivity index (χ0v) is 42.0. The van der Waals surface area contributed by atoms with Gasteiger partial charge in [-0.1, -0.05) is 0 Å². The first-order valence-electron chi connectivity index (χ1n) is 27.2. The molecule has 8 aliphatic rings. The van der Waals surface area contributed by atoms with Gasteiger partial charge in [-0.25, -0.2) is 48.7 Å². The number of aliphatic imine (C=N–C) groups is 3. The topological polar surface area (TPSA) is 187 Å². The van der Waals surface area contributed by atoms with E-state index >= 15 is 0 Å². The molecule has 2 aliphatic heterocycles. The second kappa shape index (κ2) is 23.6. The van der Waals surface area contributed by atoms with Gasteiger partial charge in [0.15, 0.2) is 0 Å². The van der Waals surface area contributed by atoms with E-state index in [1.165, 1.54) is 33.5 Å². The van der Waals surface area contributed by atoms with Crippen molar-refractivity contribution in [3.8, 4) is 6.26 Å². The second-order valence-corrected chi connectivity index (χ2v) is 22.5. The van der Waals surface area contributed by atoms with Gasteiger partial charge in [-0.2, -0.15) is 5.26 Å². The molecule has 2 unspecified atom stereocenters. The predicted molar refractivity (Wildman–Crippen MR) is 259 cm³/mol. The number of isocyanates is 1. The molecule has 8 fully saturated rings. The minimum absolute atomic E-state index is 0.0747. The van der Waals surface area contributed by atoms with Crippen molar-refractivity contribution in [1.82, 2.24) is 19.6 Å². The number of ether oxygens (including phenoxy) is 3. The van der Waals surface area contributed by atoms with Gasteiger partial charge < -0.3 is 14.2 Å². The fourth-order valence-corrected chi connectivity index (χ4v) is 14.0. The van der Waals surface area contributed by atoms with Crippen LogP contribution in [0, 0.1) is 47.0 Å². The van der Waals surface area contributed by atoms with E-state index < -0.39 is 24.0 Å².